The topological polar surface area (TPSA) is 144 Å². The van der Waals surface area contributed by atoms with Crippen LogP contribution in [0.5, 0.6) is 11.5 Å². The summed E-state index contributed by atoms with van der Waals surface area (Å²) >= 11 is 6.43. The van der Waals surface area contributed by atoms with Gasteiger partial charge in [-0.2, -0.15) is 23.5 Å². The van der Waals surface area contributed by atoms with Crippen molar-refractivity contribution in [1.29, 1.82) is 0 Å². The van der Waals surface area contributed by atoms with E-state index in [1.807, 2.05) is 71.5 Å². The molecule has 0 aliphatic carbocycles. The number of fused-ring (bicyclic) bond motifs is 2. The van der Waals surface area contributed by atoms with Gasteiger partial charge in [0, 0.05) is 33.7 Å². The van der Waals surface area contributed by atoms with E-state index in [1.165, 1.54) is 70.9 Å². The maximum absolute atomic E-state index is 12.0. The van der Waals surface area contributed by atoms with Gasteiger partial charge in [-0.05, 0) is 160 Å². The number of hydrogen-bond donors (Lipinski definition) is 3. The van der Waals surface area contributed by atoms with Crippen LogP contribution in [-0.2, 0) is 60.9 Å². The highest BCUT2D eigenvalue weighted by atomic mass is 32.2. The van der Waals surface area contributed by atoms with Crippen LogP contribution >= 0.6 is 47.0 Å². The van der Waals surface area contributed by atoms with Gasteiger partial charge in [-0.3, -0.25) is 29.8 Å². The van der Waals surface area contributed by atoms with Crippen LogP contribution in [0, 0.1) is 6.92 Å². The summed E-state index contributed by atoms with van der Waals surface area (Å²) in [4.78, 5) is 54.5. The first kappa shape index (κ1) is 66.8. The van der Waals surface area contributed by atoms with Crippen molar-refractivity contribution in [3.63, 3.8) is 0 Å². The van der Waals surface area contributed by atoms with Gasteiger partial charge >= 0.3 is 0 Å². The number of rotatable bonds is 18. The fourth-order valence-electron chi connectivity index (χ4n) is 8.88. The minimum absolute atomic E-state index is 0.00421. The molecule has 0 radical (unpaired) electrons. The van der Waals surface area contributed by atoms with E-state index in [0.717, 1.165) is 45.3 Å². The van der Waals surface area contributed by atoms with Gasteiger partial charge in [0.1, 0.15) is 36.7 Å². The van der Waals surface area contributed by atoms with E-state index >= 15 is 0 Å². The number of anilines is 2. The second-order valence-corrected chi connectivity index (χ2v) is 29.3. The summed E-state index contributed by atoms with van der Waals surface area (Å²) in [5, 5.41) is 7.52. The Morgan fingerprint density at radius 3 is 1.63 bits per heavy atom. The van der Waals surface area contributed by atoms with Crippen molar-refractivity contribution in [1.82, 2.24) is 20.2 Å². The van der Waals surface area contributed by atoms with E-state index in [9.17, 15) is 19.2 Å². The van der Waals surface area contributed by atoms with Crippen molar-refractivity contribution >= 4 is 94.1 Å². The number of nitrogens with one attached hydrogen (secondary N) is 3. The van der Waals surface area contributed by atoms with Gasteiger partial charge in [-0.15, -0.1) is 0 Å². The van der Waals surface area contributed by atoms with Crippen molar-refractivity contribution < 1.29 is 28.7 Å². The lowest BCUT2D eigenvalue weighted by Gasteiger charge is -2.26. The number of nitrogens with zero attached hydrogens (tertiary/aromatic N) is 3. The zero-order valence-corrected chi connectivity index (χ0v) is 55.4. The molecule has 2 atom stereocenters. The molecule has 1 aliphatic heterocycles. The normalized spacial score (nSPS) is 13.5. The van der Waals surface area contributed by atoms with Gasteiger partial charge < -0.3 is 24.3 Å². The maximum Gasteiger partial charge on any atom is 0.239 e. The third-order valence-electron chi connectivity index (χ3n) is 14.2. The molecule has 8 rings (SSSR count). The van der Waals surface area contributed by atoms with E-state index in [1.54, 1.807) is 6.26 Å². The Morgan fingerprint density at radius 1 is 0.631 bits per heavy atom. The number of benzene rings is 6. The lowest BCUT2D eigenvalue weighted by Crippen LogP contribution is -2.37. The Bertz CT molecular complexity index is 3310. The Balaban J connectivity index is 0.000000242. The number of aryl methyl sites for hydroxylation is 2. The van der Waals surface area contributed by atoms with Crippen molar-refractivity contribution in [3.05, 3.63) is 161 Å². The van der Waals surface area contributed by atoms with Crippen LogP contribution in [0.2, 0.25) is 0 Å². The number of imide groups is 2. The minimum Gasteiger partial charge on any atom is -0.489 e. The van der Waals surface area contributed by atoms with Crippen LogP contribution in [0.25, 0.3) is 11.0 Å². The molecule has 448 valence electrons. The first-order valence-electron chi connectivity index (χ1n) is 28.2. The van der Waals surface area contributed by atoms with Crippen molar-refractivity contribution in [2.24, 2.45) is 7.05 Å². The third-order valence-corrected chi connectivity index (χ3v) is 17.7. The Labute approximate surface area is 516 Å². The molecule has 7 aromatic rings. The predicted molar refractivity (Wildman–Crippen MR) is 354 cm³/mol. The molecule has 16 heteroatoms. The summed E-state index contributed by atoms with van der Waals surface area (Å²) in [5.41, 5.74) is 12.4. The number of amides is 4. The third kappa shape index (κ3) is 19.1. The molecule has 0 bridgehead atoms. The quantitative estimate of drug-likeness (QED) is 0.0702. The fraction of sp³-hybridized carbons (Fsp3) is 0.397. The van der Waals surface area contributed by atoms with E-state index in [-0.39, 0.29) is 44.9 Å². The van der Waals surface area contributed by atoms with Gasteiger partial charge in [0.25, 0.3) is 0 Å². The van der Waals surface area contributed by atoms with Crippen LogP contribution in [-0.4, -0.2) is 77.5 Å². The monoisotopic (exact) mass is 1210 g/mol. The van der Waals surface area contributed by atoms with Gasteiger partial charge in [0.05, 0.1) is 33.4 Å². The summed E-state index contributed by atoms with van der Waals surface area (Å²) in [6, 6.07) is 43.1. The number of ether oxygens (including phenoxy) is 2. The van der Waals surface area contributed by atoms with E-state index < -0.39 is 0 Å². The van der Waals surface area contributed by atoms with Crippen LogP contribution in [0.15, 0.2) is 141 Å². The molecule has 0 spiro atoms. The van der Waals surface area contributed by atoms with Crippen LogP contribution in [0.1, 0.15) is 122 Å². The molecule has 12 nitrogen and oxygen atoms in total. The maximum atomic E-state index is 12.0. The highest BCUT2D eigenvalue weighted by Gasteiger charge is 2.28. The molecule has 4 amide bonds. The fourth-order valence-corrected chi connectivity index (χ4v) is 11.8. The molecule has 3 N–H and O–H groups in total. The van der Waals surface area contributed by atoms with E-state index in [2.05, 4.69) is 209 Å². The zero-order chi connectivity index (χ0) is 61.7. The van der Waals surface area contributed by atoms with E-state index in [4.69, 9.17) is 14.5 Å². The molecule has 84 heavy (non-hydrogen) atoms. The highest BCUT2D eigenvalue weighted by molar-refractivity contribution is 8.00. The molecule has 2 unspecified atom stereocenters. The molecule has 6 aromatic carbocycles. The minimum atomic E-state index is -0.317. The summed E-state index contributed by atoms with van der Waals surface area (Å²) in [5.74, 6) is 2.38. The lowest BCUT2D eigenvalue weighted by atomic mass is 9.81. The first-order valence-corrected chi connectivity index (χ1v) is 32.5. The Hall–Kier alpha value is -6.33. The first-order chi connectivity index (χ1) is 39.5. The van der Waals surface area contributed by atoms with Crippen LogP contribution in [0.3, 0.4) is 0 Å². The molecular formula is C68H86N6O6S4. The number of likely N-dealkylation sites (N-methyl/N-ethyl adjacent to an activating group) is 1. The highest BCUT2D eigenvalue weighted by Crippen LogP contribution is 2.42. The average Bonchev–Trinajstić information content (AvgIpc) is 3.33. The molecule has 1 aromatic heterocycles. The lowest BCUT2D eigenvalue weighted by molar-refractivity contribution is -0.125. The molecule has 0 saturated heterocycles. The predicted octanol–water partition coefficient (Wildman–Crippen LogP) is 15.1. The van der Waals surface area contributed by atoms with Crippen molar-refractivity contribution in [3.8, 4) is 11.5 Å². The Kier molecular flexibility index (Phi) is 23.2. The number of imidazole rings is 1. The number of carbonyl (C=O) groups excluding carboxylic acids is 4. The number of carbonyl (C=O) groups is 4. The molecular weight excluding hydrogens is 1130 g/mol. The second-order valence-electron chi connectivity index (χ2n) is 25.1. The standard InChI is InChI=1S/C34H43N3O3S2.C30H36N2OS.C4H7NO2S/c1-33(2,3)23-16-24(34(4,5)6)18-27(17-23)42-26-13-14-28-29(19-26)37(7)31(36-28)20-40-25-11-9-22(10-12-25)15-30(41-8)32(39)35-21-38;1-20-9-11-23(12-10-20)33-19-28-31-26-14-13-24(18-27(26)32(28)8)34-25-16-21(29(2,3)4)15-22(17-25)30(5,6)7;1-8-2-4(7)5-3-6/h9-14,16-19,21,30-31,36H,15,20H2,1-8H3,(H,35,38,39);9-18H,19H2,1-8H3;3H,2H2,1H3,(H,5,6,7). The SMILES string of the molecule is CSC(Cc1ccc(OCC2Nc3ccc(Sc4cc(C(C)(C)C)cc(C(C)(C)C)c4)cc3N2C)cc1)C(=O)NC=O.CSCC(=O)NC=O.Cc1ccc(OCc2nc3ccc(Sc4cc(C(C)(C)C)cc(C(C)(C)C)c4)cc3n2C)cc1. The van der Waals surface area contributed by atoms with Crippen LogP contribution < -0.4 is 30.3 Å². The van der Waals surface area contributed by atoms with E-state index in [0.29, 0.717) is 38.2 Å². The van der Waals surface area contributed by atoms with Gasteiger partial charge in [-0.25, -0.2) is 4.98 Å². The zero-order valence-electron chi connectivity index (χ0n) is 52.1. The average molecular weight is 1210 g/mol. The van der Waals surface area contributed by atoms with Crippen molar-refractivity contribution in [2.75, 3.05) is 42.1 Å². The summed E-state index contributed by atoms with van der Waals surface area (Å²) in [6.45, 7) is 30.3. The van der Waals surface area contributed by atoms with Crippen LogP contribution in [0.4, 0.5) is 11.4 Å². The van der Waals surface area contributed by atoms with Gasteiger partial charge in [0.15, 0.2) is 0 Å². The van der Waals surface area contributed by atoms with Gasteiger partial charge in [0.2, 0.25) is 24.6 Å². The molecule has 0 fully saturated rings. The largest absolute Gasteiger partial charge is 0.489 e. The molecule has 0 saturated carbocycles. The summed E-state index contributed by atoms with van der Waals surface area (Å²) < 4.78 is 14.3. The molecule has 1 aliphatic rings. The number of aromatic nitrogens is 2. The smallest absolute Gasteiger partial charge is 0.239 e. The summed E-state index contributed by atoms with van der Waals surface area (Å²) in [6.07, 6.45) is 5.03. The second kappa shape index (κ2) is 29.2. The number of thioether (sulfide) groups is 2. The molecule has 2 heterocycles. The van der Waals surface area contributed by atoms with Gasteiger partial charge in [-0.1, -0.05) is 149 Å². The number of hydrogen-bond acceptors (Lipinski definition) is 13. The summed E-state index contributed by atoms with van der Waals surface area (Å²) in [7, 11) is 4.16. The van der Waals surface area contributed by atoms with Crippen molar-refractivity contribution in [2.45, 2.75) is 156 Å². The Morgan fingerprint density at radius 2 is 1.13 bits per heavy atom.